The van der Waals surface area contributed by atoms with Gasteiger partial charge in [-0.05, 0) is 50.6 Å². The molecule has 0 aliphatic rings. The van der Waals surface area contributed by atoms with Crippen molar-refractivity contribution in [3.63, 3.8) is 0 Å². The number of carbonyl (C=O) groups excluding carboxylic acids is 1. The Bertz CT molecular complexity index is 1060. The first kappa shape index (κ1) is 22.4. The fraction of sp³-hybridized carbons (Fsp3) is 0.333. The molecule has 0 fully saturated rings. The number of aromatic nitrogens is 2. The summed E-state index contributed by atoms with van der Waals surface area (Å²) in [5.41, 5.74) is 5.15. The molecule has 0 bridgehead atoms. The predicted molar refractivity (Wildman–Crippen MR) is 121 cm³/mol. The molecule has 3 rings (SSSR count). The SMILES string of the molecule is COc1cc(C)c(C[NH+](C)CC(=O)Nc2cc(C)nn2-c2ccc(C)cc2)cc1OC. The van der Waals surface area contributed by atoms with Crippen LogP contribution in [0.2, 0.25) is 0 Å². The number of aryl methyl sites for hydroxylation is 3. The monoisotopic (exact) mass is 423 g/mol. The normalized spacial score (nSPS) is 11.8. The molecule has 0 saturated heterocycles. The number of nitrogens with zero attached hydrogens (tertiary/aromatic N) is 2. The van der Waals surface area contributed by atoms with E-state index in [1.54, 1.807) is 18.9 Å². The van der Waals surface area contributed by atoms with Crippen LogP contribution in [0.15, 0.2) is 42.5 Å². The molecular weight excluding hydrogens is 392 g/mol. The largest absolute Gasteiger partial charge is 0.493 e. The molecule has 164 valence electrons. The molecule has 1 amide bonds. The minimum absolute atomic E-state index is 0.0658. The molecule has 1 aromatic heterocycles. The molecule has 0 spiro atoms. The zero-order valence-corrected chi connectivity index (χ0v) is 19.1. The maximum absolute atomic E-state index is 12.8. The van der Waals surface area contributed by atoms with Gasteiger partial charge in [0.15, 0.2) is 18.0 Å². The van der Waals surface area contributed by atoms with Gasteiger partial charge in [-0.25, -0.2) is 4.68 Å². The predicted octanol–water partition coefficient (Wildman–Crippen LogP) is 2.47. The van der Waals surface area contributed by atoms with Gasteiger partial charge in [0, 0.05) is 11.6 Å². The minimum atomic E-state index is -0.0658. The van der Waals surface area contributed by atoms with Gasteiger partial charge < -0.3 is 19.7 Å². The standard InChI is InChI=1S/C24H30N4O3/c1-16-7-9-20(10-8-16)28-23(12-18(3)26-28)25-24(29)15-27(4)14-19-13-22(31-6)21(30-5)11-17(19)2/h7-13H,14-15H2,1-6H3,(H,25,29)/p+1. The Morgan fingerprint density at radius 1 is 1.03 bits per heavy atom. The summed E-state index contributed by atoms with van der Waals surface area (Å²) in [4.78, 5) is 13.8. The van der Waals surface area contributed by atoms with Gasteiger partial charge in [0.25, 0.3) is 5.91 Å². The zero-order valence-electron chi connectivity index (χ0n) is 19.1. The van der Waals surface area contributed by atoms with Crippen molar-refractivity contribution in [3.05, 3.63) is 64.8 Å². The number of anilines is 1. The third kappa shape index (κ3) is 5.44. The molecule has 0 radical (unpaired) electrons. The number of nitrogens with one attached hydrogen (secondary N) is 2. The van der Waals surface area contributed by atoms with E-state index in [2.05, 4.69) is 10.4 Å². The van der Waals surface area contributed by atoms with Crippen LogP contribution in [0.5, 0.6) is 11.5 Å². The smallest absolute Gasteiger partial charge is 0.280 e. The van der Waals surface area contributed by atoms with Crippen molar-refractivity contribution in [2.75, 3.05) is 33.1 Å². The highest BCUT2D eigenvalue weighted by molar-refractivity contribution is 5.91. The number of hydrogen-bond donors (Lipinski definition) is 2. The summed E-state index contributed by atoms with van der Waals surface area (Å²) in [5.74, 6) is 2.00. The van der Waals surface area contributed by atoms with E-state index in [0.717, 1.165) is 27.4 Å². The molecule has 31 heavy (non-hydrogen) atoms. The summed E-state index contributed by atoms with van der Waals surface area (Å²) in [6.07, 6.45) is 0. The van der Waals surface area contributed by atoms with E-state index in [1.807, 2.05) is 70.3 Å². The summed E-state index contributed by atoms with van der Waals surface area (Å²) in [6, 6.07) is 13.9. The molecule has 0 aliphatic heterocycles. The van der Waals surface area contributed by atoms with Crippen molar-refractivity contribution in [3.8, 4) is 17.2 Å². The lowest BCUT2D eigenvalue weighted by Crippen LogP contribution is -3.08. The number of quaternary nitrogens is 1. The second kappa shape index (κ2) is 9.66. The van der Waals surface area contributed by atoms with Crippen molar-refractivity contribution in [2.45, 2.75) is 27.3 Å². The van der Waals surface area contributed by atoms with Crippen molar-refractivity contribution >= 4 is 11.7 Å². The van der Waals surface area contributed by atoms with Crippen molar-refractivity contribution in [1.82, 2.24) is 9.78 Å². The Morgan fingerprint density at radius 3 is 2.32 bits per heavy atom. The zero-order chi connectivity index (χ0) is 22.5. The number of likely N-dealkylation sites (N-methyl/N-ethyl adjacent to an activating group) is 1. The van der Waals surface area contributed by atoms with Crippen LogP contribution in [-0.4, -0.2) is 43.5 Å². The molecule has 1 unspecified atom stereocenters. The summed E-state index contributed by atoms with van der Waals surface area (Å²) in [6.45, 7) is 7.01. The van der Waals surface area contributed by atoms with Gasteiger partial charge in [-0.3, -0.25) is 4.79 Å². The first-order valence-corrected chi connectivity index (χ1v) is 10.3. The Labute approximate surface area is 183 Å². The molecule has 0 saturated carbocycles. The van der Waals surface area contributed by atoms with Gasteiger partial charge in [-0.2, -0.15) is 5.10 Å². The highest BCUT2D eigenvalue weighted by atomic mass is 16.5. The topological polar surface area (TPSA) is 69.8 Å². The maximum Gasteiger partial charge on any atom is 0.280 e. The van der Waals surface area contributed by atoms with Gasteiger partial charge in [-0.1, -0.05) is 17.7 Å². The number of hydrogen-bond acceptors (Lipinski definition) is 4. The average Bonchev–Trinajstić information content (AvgIpc) is 3.09. The van der Waals surface area contributed by atoms with Gasteiger partial charge in [0.2, 0.25) is 0 Å². The van der Waals surface area contributed by atoms with Crippen LogP contribution in [0.4, 0.5) is 5.82 Å². The van der Waals surface area contributed by atoms with Crippen molar-refractivity contribution in [2.24, 2.45) is 0 Å². The minimum Gasteiger partial charge on any atom is -0.493 e. The lowest BCUT2D eigenvalue weighted by Gasteiger charge is -2.17. The van der Waals surface area contributed by atoms with Gasteiger partial charge >= 0.3 is 0 Å². The fourth-order valence-electron chi connectivity index (χ4n) is 3.53. The average molecular weight is 424 g/mol. The summed E-state index contributed by atoms with van der Waals surface area (Å²) < 4.78 is 12.5. The fourth-order valence-corrected chi connectivity index (χ4v) is 3.53. The van der Waals surface area contributed by atoms with E-state index < -0.39 is 0 Å². The maximum atomic E-state index is 12.8. The van der Waals surface area contributed by atoms with Crippen LogP contribution in [-0.2, 0) is 11.3 Å². The van der Waals surface area contributed by atoms with Crippen LogP contribution in [0.1, 0.15) is 22.4 Å². The number of amides is 1. The molecule has 7 nitrogen and oxygen atoms in total. The molecule has 1 atom stereocenters. The third-order valence-corrected chi connectivity index (χ3v) is 5.17. The molecule has 7 heteroatoms. The number of carbonyl (C=O) groups is 1. The van der Waals surface area contributed by atoms with Crippen LogP contribution in [0, 0.1) is 20.8 Å². The Balaban J connectivity index is 1.69. The number of benzene rings is 2. The number of rotatable bonds is 8. The summed E-state index contributed by atoms with van der Waals surface area (Å²) in [7, 11) is 5.25. The van der Waals surface area contributed by atoms with Crippen LogP contribution in [0.25, 0.3) is 5.69 Å². The van der Waals surface area contributed by atoms with E-state index in [4.69, 9.17) is 9.47 Å². The molecular formula is C24H31N4O3+. The second-order valence-corrected chi connectivity index (χ2v) is 7.91. The second-order valence-electron chi connectivity index (χ2n) is 7.91. The van der Waals surface area contributed by atoms with Crippen LogP contribution < -0.4 is 19.7 Å². The Kier molecular flexibility index (Phi) is 6.97. The quantitative estimate of drug-likeness (QED) is 0.584. The third-order valence-electron chi connectivity index (χ3n) is 5.17. The van der Waals surface area contributed by atoms with E-state index in [1.165, 1.54) is 5.56 Å². The first-order chi connectivity index (χ1) is 14.8. The number of ether oxygens (including phenoxy) is 2. The lowest BCUT2D eigenvalue weighted by molar-refractivity contribution is -0.885. The Hall–Kier alpha value is -3.32. The molecule has 3 aromatic rings. The van der Waals surface area contributed by atoms with Gasteiger partial charge in [0.1, 0.15) is 12.4 Å². The van der Waals surface area contributed by atoms with Crippen LogP contribution in [0.3, 0.4) is 0 Å². The van der Waals surface area contributed by atoms with Gasteiger partial charge in [0.05, 0.1) is 32.6 Å². The lowest BCUT2D eigenvalue weighted by atomic mass is 10.1. The van der Waals surface area contributed by atoms with E-state index in [-0.39, 0.29) is 5.91 Å². The van der Waals surface area contributed by atoms with Crippen molar-refractivity contribution in [1.29, 1.82) is 0 Å². The van der Waals surface area contributed by atoms with Crippen molar-refractivity contribution < 1.29 is 19.2 Å². The number of methoxy groups -OCH3 is 2. The van der Waals surface area contributed by atoms with E-state index in [9.17, 15) is 4.79 Å². The molecule has 2 aromatic carbocycles. The highest BCUT2D eigenvalue weighted by Crippen LogP contribution is 2.29. The van der Waals surface area contributed by atoms with E-state index >= 15 is 0 Å². The summed E-state index contributed by atoms with van der Waals surface area (Å²) >= 11 is 0. The molecule has 0 aliphatic carbocycles. The molecule has 2 N–H and O–H groups in total. The molecule has 1 heterocycles. The first-order valence-electron chi connectivity index (χ1n) is 10.3. The highest BCUT2D eigenvalue weighted by Gasteiger charge is 2.17. The Morgan fingerprint density at radius 2 is 1.68 bits per heavy atom. The van der Waals surface area contributed by atoms with E-state index in [0.29, 0.717) is 30.4 Å². The summed E-state index contributed by atoms with van der Waals surface area (Å²) in [5, 5.41) is 7.54. The van der Waals surface area contributed by atoms with Gasteiger partial charge in [-0.15, -0.1) is 0 Å². The van der Waals surface area contributed by atoms with Crippen LogP contribution >= 0.6 is 0 Å².